The van der Waals surface area contributed by atoms with Crippen molar-refractivity contribution in [2.45, 2.75) is 20.0 Å². The summed E-state index contributed by atoms with van der Waals surface area (Å²) in [5, 5.41) is 4.17. The molecule has 0 saturated heterocycles. The van der Waals surface area contributed by atoms with E-state index in [0.717, 1.165) is 3.57 Å². The van der Waals surface area contributed by atoms with E-state index < -0.39 is 0 Å². The molecule has 0 aromatic carbocycles. The van der Waals surface area contributed by atoms with Gasteiger partial charge in [-0.3, -0.25) is 0 Å². The Balaban J connectivity index is 2.37. The van der Waals surface area contributed by atoms with Crippen molar-refractivity contribution in [3.05, 3.63) is 21.2 Å². The third-order valence-corrected chi connectivity index (χ3v) is 2.40. The van der Waals surface area contributed by atoms with Crippen LogP contribution < -0.4 is 4.74 Å². The van der Waals surface area contributed by atoms with Crippen LogP contribution in [-0.4, -0.2) is 30.8 Å². The molecular formula is C9H9ClIN5O. The zero-order valence-electron chi connectivity index (χ0n) is 9.13. The first-order valence-corrected chi connectivity index (χ1v) is 6.29. The molecule has 0 N–H and O–H groups in total. The molecule has 2 rings (SSSR count). The molecule has 0 atom stereocenters. The van der Waals surface area contributed by atoms with Crippen molar-refractivity contribution >= 4 is 34.2 Å². The molecule has 0 saturated carbocycles. The molecule has 0 fully saturated rings. The van der Waals surface area contributed by atoms with Crippen LogP contribution in [0.15, 0.2) is 12.4 Å². The van der Waals surface area contributed by atoms with Crippen LogP contribution in [0, 0.1) is 3.57 Å². The predicted octanol–water partition coefficient (Wildman–Crippen LogP) is 2.10. The van der Waals surface area contributed by atoms with Crippen molar-refractivity contribution in [3.63, 3.8) is 0 Å². The number of halogens is 2. The summed E-state index contributed by atoms with van der Waals surface area (Å²) in [5.41, 5.74) is 0. The van der Waals surface area contributed by atoms with Crippen molar-refractivity contribution < 1.29 is 4.74 Å². The number of nitrogens with zero attached hydrogens (tertiary/aromatic N) is 5. The van der Waals surface area contributed by atoms with Gasteiger partial charge in [-0.25, -0.2) is 4.68 Å². The second-order valence-corrected chi connectivity index (χ2v) is 5.04. The number of hydrogen-bond donors (Lipinski definition) is 0. The topological polar surface area (TPSA) is 65.7 Å². The maximum atomic E-state index is 5.80. The average Bonchev–Trinajstić information content (AvgIpc) is 2.62. The number of ether oxygens (including phenoxy) is 1. The highest BCUT2D eigenvalue weighted by Crippen LogP contribution is 2.13. The lowest BCUT2D eigenvalue weighted by Gasteiger charge is -2.08. The van der Waals surface area contributed by atoms with Crippen LogP contribution in [0.2, 0.25) is 5.28 Å². The summed E-state index contributed by atoms with van der Waals surface area (Å²) in [6.45, 7) is 3.77. The maximum absolute atomic E-state index is 5.80. The van der Waals surface area contributed by atoms with Gasteiger partial charge in [-0.1, -0.05) is 0 Å². The Labute approximate surface area is 117 Å². The number of rotatable bonds is 3. The van der Waals surface area contributed by atoms with E-state index in [-0.39, 0.29) is 17.4 Å². The number of hydrogen-bond acceptors (Lipinski definition) is 5. The Morgan fingerprint density at radius 2 is 2.12 bits per heavy atom. The van der Waals surface area contributed by atoms with Crippen molar-refractivity contribution in [1.29, 1.82) is 0 Å². The van der Waals surface area contributed by atoms with Crippen molar-refractivity contribution in [2.75, 3.05) is 0 Å². The molecule has 0 spiro atoms. The molecule has 8 heteroatoms. The van der Waals surface area contributed by atoms with Gasteiger partial charge in [0, 0.05) is 6.20 Å². The normalized spacial score (nSPS) is 10.9. The van der Waals surface area contributed by atoms with Crippen LogP contribution in [0.5, 0.6) is 6.01 Å². The summed E-state index contributed by atoms with van der Waals surface area (Å²) in [4.78, 5) is 12.0. The Hall–Kier alpha value is -0.960. The third kappa shape index (κ3) is 3.25. The minimum absolute atomic E-state index is 0.0286. The lowest BCUT2D eigenvalue weighted by molar-refractivity contribution is 0.221. The first kappa shape index (κ1) is 12.5. The fourth-order valence-corrected chi connectivity index (χ4v) is 1.63. The summed E-state index contributed by atoms with van der Waals surface area (Å²) in [5.74, 6) is 0.337. The van der Waals surface area contributed by atoms with Gasteiger partial charge in [0.05, 0.1) is 15.9 Å². The fourth-order valence-electron chi connectivity index (χ4n) is 1.10. The van der Waals surface area contributed by atoms with Gasteiger partial charge in [0.25, 0.3) is 5.95 Å². The standard InChI is InChI=1S/C9H9ClIN5O/c1-5(2)17-9-14-7(10)13-8(15-9)16-4-6(11)3-12-16/h3-5H,1-2H3. The lowest BCUT2D eigenvalue weighted by Crippen LogP contribution is -2.11. The minimum Gasteiger partial charge on any atom is -0.461 e. The minimum atomic E-state index is -0.0286. The van der Waals surface area contributed by atoms with E-state index >= 15 is 0 Å². The Morgan fingerprint density at radius 1 is 1.35 bits per heavy atom. The highest BCUT2D eigenvalue weighted by Gasteiger charge is 2.10. The first-order valence-electron chi connectivity index (χ1n) is 4.83. The predicted molar refractivity (Wildman–Crippen MR) is 70.4 cm³/mol. The van der Waals surface area contributed by atoms with E-state index in [1.54, 1.807) is 12.4 Å². The van der Waals surface area contributed by atoms with Gasteiger partial charge < -0.3 is 4.74 Å². The Kier molecular flexibility index (Phi) is 3.77. The van der Waals surface area contributed by atoms with Crippen LogP contribution in [0.25, 0.3) is 5.95 Å². The van der Waals surface area contributed by atoms with Crippen LogP contribution in [-0.2, 0) is 0 Å². The highest BCUT2D eigenvalue weighted by molar-refractivity contribution is 14.1. The zero-order valence-corrected chi connectivity index (χ0v) is 12.0. The quantitative estimate of drug-likeness (QED) is 0.780. The summed E-state index contributed by atoms with van der Waals surface area (Å²) >= 11 is 7.95. The summed E-state index contributed by atoms with van der Waals surface area (Å²) in [6.07, 6.45) is 3.45. The second kappa shape index (κ2) is 5.13. The molecule has 0 aliphatic rings. The molecule has 0 aliphatic carbocycles. The van der Waals surface area contributed by atoms with Crippen LogP contribution in [0.3, 0.4) is 0 Å². The molecule has 0 aliphatic heterocycles. The van der Waals surface area contributed by atoms with E-state index in [4.69, 9.17) is 16.3 Å². The highest BCUT2D eigenvalue weighted by atomic mass is 127. The zero-order chi connectivity index (χ0) is 12.4. The van der Waals surface area contributed by atoms with Gasteiger partial charge in [-0.2, -0.15) is 20.1 Å². The van der Waals surface area contributed by atoms with Gasteiger partial charge in [-0.15, -0.1) is 0 Å². The Bertz CT molecular complexity index is 530. The summed E-state index contributed by atoms with van der Waals surface area (Å²) < 4.78 is 7.87. The average molecular weight is 366 g/mol. The van der Waals surface area contributed by atoms with Crippen molar-refractivity contribution in [3.8, 4) is 12.0 Å². The molecule has 0 unspecified atom stereocenters. The van der Waals surface area contributed by atoms with Gasteiger partial charge in [0.15, 0.2) is 0 Å². The maximum Gasteiger partial charge on any atom is 0.322 e. The molecule has 90 valence electrons. The van der Waals surface area contributed by atoms with Crippen LogP contribution in [0.4, 0.5) is 0 Å². The van der Waals surface area contributed by atoms with Crippen LogP contribution >= 0.6 is 34.2 Å². The summed E-state index contributed by atoms with van der Waals surface area (Å²) in [7, 11) is 0. The molecule has 0 amide bonds. The molecule has 6 nitrogen and oxygen atoms in total. The molecular weight excluding hydrogens is 356 g/mol. The van der Waals surface area contributed by atoms with Gasteiger partial charge in [0.1, 0.15) is 0 Å². The van der Waals surface area contributed by atoms with E-state index in [2.05, 4.69) is 42.6 Å². The first-order chi connectivity index (χ1) is 8.04. The van der Waals surface area contributed by atoms with Gasteiger partial charge in [0.2, 0.25) is 5.28 Å². The largest absolute Gasteiger partial charge is 0.461 e. The molecule has 0 radical (unpaired) electrons. The summed E-state index contributed by atoms with van der Waals surface area (Å²) in [6, 6.07) is 0.195. The van der Waals surface area contributed by atoms with E-state index in [1.165, 1.54) is 4.68 Å². The molecule has 2 aromatic rings. The van der Waals surface area contributed by atoms with Gasteiger partial charge in [-0.05, 0) is 48.0 Å². The van der Waals surface area contributed by atoms with E-state index in [1.807, 2.05) is 13.8 Å². The SMILES string of the molecule is CC(C)Oc1nc(Cl)nc(-n2cc(I)cn2)n1. The molecule has 0 bridgehead atoms. The molecule has 2 aromatic heterocycles. The molecule has 2 heterocycles. The van der Waals surface area contributed by atoms with Gasteiger partial charge >= 0.3 is 6.01 Å². The van der Waals surface area contributed by atoms with Crippen LogP contribution in [0.1, 0.15) is 13.8 Å². The Morgan fingerprint density at radius 3 is 2.71 bits per heavy atom. The second-order valence-electron chi connectivity index (χ2n) is 3.46. The lowest BCUT2D eigenvalue weighted by atomic mass is 10.5. The number of aromatic nitrogens is 5. The third-order valence-electron chi connectivity index (χ3n) is 1.67. The van der Waals surface area contributed by atoms with E-state index in [9.17, 15) is 0 Å². The monoisotopic (exact) mass is 365 g/mol. The van der Waals surface area contributed by atoms with E-state index in [0.29, 0.717) is 5.95 Å². The van der Waals surface area contributed by atoms with Crippen molar-refractivity contribution in [1.82, 2.24) is 24.7 Å². The van der Waals surface area contributed by atoms with Crippen molar-refractivity contribution in [2.24, 2.45) is 0 Å². The molecule has 17 heavy (non-hydrogen) atoms. The fraction of sp³-hybridized carbons (Fsp3) is 0.333. The smallest absolute Gasteiger partial charge is 0.322 e.